The topological polar surface area (TPSA) is 59.3 Å². The molecule has 3 aromatic rings. The number of benzene rings is 1. The number of hydrogen-bond donors (Lipinski definition) is 1. The van der Waals surface area contributed by atoms with Crippen LogP contribution < -0.4 is 5.32 Å². The van der Waals surface area contributed by atoms with Gasteiger partial charge in [-0.25, -0.2) is 4.98 Å². The number of rotatable bonds is 3. The summed E-state index contributed by atoms with van der Waals surface area (Å²) in [4.78, 5) is 21.0. The number of aromatic nitrogens is 2. The molecular formula is C21H20N4O. The number of aliphatic imine (C=N–C) groups is 1. The second-order valence-electron chi connectivity index (χ2n) is 7.24. The van der Waals surface area contributed by atoms with E-state index >= 15 is 0 Å². The molecule has 1 aliphatic heterocycles. The van der Waals surface area contributed by atoms with E-state index in [2.05, 4.69) is 52.0 Å². The Morgan fingerprint density at radius 3 is 2.92 bits per heavy atom. The number of pyridine rings is 1. The molecule has 0 radical (unpaired) electrons. The van der Waals surface area contributed by atoms with E-state index in [1.165, 1.54) is 16.7 Å². The highest BCUT2D eigenvalue weighted by atomic mass is 16.2. The molecule has 1 aliphatic carbocycles. The summed E-state index contributed by atoms with van der Waals surface area (Å²) in [6.07, 6.45) is 6.71. The summed E-state index contributed by atoms with van der Waals surface area (Å²) in [6.45, 7) is 2.13. The Hall–Kier alpha value is -2.95. The Bertz CT molecular complexity index is 1090. The maximum absolute atomic E-state index is 12.0. The molecule has 2 aromatic heterocycles. The second kappa shape index (κ2) is 5.53. The van der Waals surface area contributed by atoms with E-state index in [0.29, 0.717) is 5.82 Å². The molecule has 1 fully saturated rings. The minimum absolute atomic E-state index is 0.0836. The fourth-order valence-electron chi connectivity index (χ4n) is 3.75. The van der Waals surface area contributed by atoms with Gasteiger partial charge in [-0.1, -0.05) is 12.1 Å². The molecule has 5 heteroatoms. The molecule has 130 valence electrons. The maximum Gasteiger partial charge on any atom is 0.228 e. The Morgan fingerprint density at radius 1 is 1.27 bits per heavy atom. The van der Waals surface area contributed by atoms with E-state index in [-0.39, 0.29) is 11.8 Å². The van der Waals surface area contributed by atoms with E-state index in [9.17, 15) is 4.79 Å². The first-order valence-electron chi connectivity index (χ1n) is 9.03. The zero-order chi connectivity index (χ0) is 17.8. The molecule has 1 saturated carbocycles. The minimum Gasteiger partial charge on any atom is -0.342 e. The van der Waals surface area contributed by atoms with Crippen LogP contribution in [0.5, 0.6) is 0 Å². The molecule has 2 aliphatic rings. The molecule has 1 amide bonds. The zero-order valence-corrected chi connectivity index (χ0v) is 14.9. The molecular weight excluding hydrogens is 324 g/mol. The van der Waals surface area contributed by atoms with Gasteiger partial charge in [-0.3, -0.25) is 9.79 Å². The van der Waals surface area contributed by atoms with Crippen LogP contribution in [0.15, 0.2) is 35.5 Å². The lowest BCUT2D eigenvalue weighted by Crippen LogP contribution is -2.14. The van der Waals surface area contributed by atoms with E-state index in [4.69, 9.17) is 0 Å². The van der Waals surface area contributed by atoms with Gasteiger partial charge < -0.3 is 9.88 Å². The summed E-state index contributed by atoms with van der Waals surface area (Å²) in [5.41, 5.74) is 6.96. The number of amides is 1. The molecule has 0 spiro atoms. The van der Waals surface area contributed by atoms with Crippen LogP contribution in [-0.4, -0.2) is 21.7 Å². The highest BCUT2D eigenvalue weighted by molar-refractivity contribution is 5.96. The summed E-state index contributed by atoms with van der Waals surface area (Å²) in [5.74, 6) is 0.885. The summed E-state index contributed by atoms with van der Waals surface area (Å²) in [5, 5.41) is 4.01. The smallest absolute Gasteiger partial charge is 0.228 e. The van der Waals surface area contributed by atoms with Crippen LogP contribution in [0.2, 0.25) is 0 Å². The number of aryl methyl sites for hydroxylation is 1. The molecule has 0 bridgehead atoms. The van der Waals surface area contributed by atoms with Crippen molar-refractivity contribution in [2.45, 2.75) is 26.2 Å². The van der Waals surface area contributed by atoms with Gasteiger partial charge in [0.2, 0.25) is 5.91 Å². The van der Waals surface area contributed by atoms with E-state index < -0.39 is 0 Å². The predicted octanol–water partition coefficient (Wildman–Crippen LogP) is 4.16. The number of anilines is 1. The molecule has 0 unspecified atom stereocenters. The van der Waals surface area contributed by atoms with Gasteiger partial charge >= 0.3 is 0 Å². The van der Waals surface area contributed by atoms with Crippen molar-refractivity contribution in [2.24, 2.45) is 18.0 Å². The van der Waals surface area contributed by atoms with Crippen molar-refractivity contribution >= 4 is 34.5 Å². The van der Waals surface area contributed by atoms with Crippen molar-refractivity contribution in [3.63, 3.8) is 0 Å². The summed E-state index contributed by atoms with van der Waals surface area (Å²) < 4.78 is 2.15. The van der Waals surface area contributed by atoms with Crippen LogP contribution in [0, 0.1) is 12.8 Å². The second-order valence-corrected chi connectivity index (χ2v) is 7.24. The molecule has 5 nitrogen and oxygen atoms in total. The summed E-state index contributed by atoms with van der Waals surface area (Å²) in [6, 6.07) is 8.47. The first-order chi connectivity index (χ1) is 12.6. The SMILES string of the molecule is Cc1c(-c2cc3cc(NC(=O)C4CC4)ncc3n2C)ccc2c1N=CC2. The average molecular weight is 344 g/mol. The van der Waals surface area contributed by atoms with Crippen molar-refractivity contribution in [1.82, 2.24) is 9.55 Å². The van der Waals surface area contributed by atoms with Gasteiger partial charge in [-0.15, -0.1) is 0 Å². The first kappa shape index (κ1) is 15.3. The van der Waals surface area contributed by atoms with Crippen LogP contribution >= 0.6 is 0 Å². The molecule has 0 saturated heterocycles. The molecule has 0 atom stereocenters. The normalized spacial score (nSPS) is 15.5. The van der Waals surface area contributed by atoms with Crippen LogP contribution in [-0.2, 0) is 18.3 Å². The highest BCUT2D eigenvalue weighted by Crippen LogP contribution is 2.37. The largest absolute Gasteiger partial charge is 0.342 e. The number of hydrogen-bond acceptors (Lipinski definition) is 3. The summed E-state index contributed by atoms with van der Waals surface area (Å²) >= 11 is 0. The molecule has 3 heterocycles. The Balaban J connectivity index is 1.57. The molecule has 26 heavy (non-hydrogen) atoms. The van der Waals surface area contributed by atoms with Crippen molar-refractivity contribution < 1.29 is 4.79 Å². The third-order valence-electron chi connectivity index (χ3n) is 5.45. The van der Waals surface area contributed by atoms with Gasteiger partial charge in [0.05, 0.1) is 17.4 Å². The maximum atomic E-state index is 12.0. The van der Waals surface area contributed by atoms with Crippen molar-refractivity contribution in [3.05, 3.63) is 41.6 Å². The number of fused-ring (bicyclic) bond motifs is 2. The van der Waals surface area contributed by atoms with Gasteiger partial charge in [-0.05, 0) is 43.0 Å². The molecule has 5 rings (SSSR count). The number of carbonyl (C=O) groups is 1. The third kappa shape index (κ3) is 2.35. The average Bonchev–Trinajstić information content (AvgIpc) is 3.29. The highest BCUT2D eigenvalue weighted by Gasteiger charge is 2.29. The monoisotopic (exact) mass is 344 g/mol. The number of carbonyl (C=O) groups excluding carboxylic acids is 1. The van der Waals surface area contributed by atoms with Crippen molar-refractivity contribution in [3.8, 4) is 11.3 Å². The minimum atomic E-state index is 0.0836. The lowest BCUT2D eigenvalue weighted by Gasteiger charge is -2.11. The fraction of sp³-hybridized carbons (Fsp3) is 0.286. The van der Waals surface area contributed by atoms with Gasteiger partial charge in [-0.2, -0.15) is 0 Å². The van der Waals surface area contributed by atoms with Crippen LogP contribution in [0.3, 0.4) is 0 Å². The van der Waals surface area contributed by atoms with E-state index in [1.54, 1.807) is 0 Å². The Kier molecular flexibility index (Phi) is 3.26. The van der Waals surface area contributed by atoms with Crippen molar-refractivity contribution in [1.29, 1.82) is 0 Å². The number of nitrogens with one attached hydrogen (secondary N) is 1. The number of nitrogens with zero attached hydrogens (tertiary/aromatic N) is 3. The van der Waals surface area contributed by atoms with Crippen LogP contribution in [0.4, 0.5) is 11.5 Å². The van der Waals surface area contributed by atoms with Gasteiger partial charge in [0, 0.05) is 42.2 Å². The predicted molar refractivity (Wildman–Crippen MR) is 104 cm³/mol. The lowest BCUT2D eigenvalue weighted by atomic mass is 9.99. The molecule has 1 N–H and O–H groups in total. The van der Waals surface area contributed by atoms with Gasteiger partial charge in [0.15, 0.2) is 0 Å². The quantitative estimate of drug-likeness (QED) is 0.776. The standard InChI is InChI=1S/C21H20N4O/c1-12-16(6-5-13-7-8-22-20(12)13)17-9-15-10-19(23-11-18(15)25(17)2)24-21(26)14-3-4-14/h5-6,8-11,14H,3-4,7H2,1-2H3,(H,23,24,26). The Morgan fingerprint density at radius 2 is 2.12 bits per heavy atom. The van der Waals surface area contributed by atoms with E-state index in [1.807, 2.05) is 18.5 Å². The van der Waals surface area contributed by atoms with E-state index in [0.717, 1.165) is 41.5 Å². The van der Waals surface area contributed by atoms with Gasteiger partial charge in [0.25, 0.3) is 0 Å². The summed E-state index contributed by atoms with van der Waals surface area (Å²) in [7, 11) is 2.05. The first-order valence-corrected chi connectivity index (χ1v) is 9.03. The van der Waals surface area contributed by atoms with Crippen LogP contribution in [0.1, 0.15) is 24.0 Å². The van der Waals surface area contributed by atoms with Crippen molar-refractivity contribution in [2.75, 3.05) is 5.32 Å². The van der Waals surface area contributed by atoms with Crippen LogP contribution in [0.25, 0.3) is 22.2 Å². The molecule has 1 aromatic carbocycles. The Labute approximate surface area is 151 Å². The lowest BCUT2D eigenvalue weighted by molar-refractivity contribution is -0.117. The third-order valence-corrected chi connectivity index (χ3v) is 5.45. The van der Waals surface area contributed by atoms with Gasteiger partial charge in [0.1, 0.15) is 5.82 Å². The zero-order valence-electron chi connectivity index (χ0n) is 14.9. The fourth-order valence-corrected chi connectivity index (χ4v) is 3.75.